The highest BCUT2D eigenvalue weighted by atomic mass is 127. The predicted octanol–water partition coefficient (Wildman–Crippen LogP) is 2.15. The molecule has 0 spiro atoms. The number of hydrogen-bond acceptors (Lipinski definition) is 3. The molecule has 0 aromatic heterocycles. The van der Waals surface area contributed by atoms with E-state index < -0.39 is 0 Å². The van der Waals surface area contributed by atoms with Crippen LogP contribution in [0.4, 0.5) is 0 Å². The van der Waals surface area contributed by atoms with E-state index in [2.05, 4.69) is 20.9 Å². The van der Waals surface area contributed by atoms with E-state index in [1.54, 1.807) is 20.2 Å². The van der Waals surface area contributed by atoms with Crippen molar-refractivity contribution in [3.05, 3.63) is 35.4 Å². The number of nitrogens with one attached hydrogen (secondary N) is 3. The number of guanidine groups is 1. The Morgan fingerprint density at radius 1 is 1.32 bits per heavy atom. The SMILES string of the molecule is CN=C(NCCCOCC1CC1)NCc1cccc(C(=O)NC)c1.I. The van der Waals surface area contributed by atoms with E-state index in [1.165, 1.54) is 12.8 Å². The lowest BCUT2D eigenvalue weighted by Gasteiger charge is -2.12. The first-order chi connectivity index (χ1) is 11.7. The number of nitrogens with zero attached hydrogens (tertiary/aromatic N) is 1. The highest BCUT2D eigenvalue weighted by molar-refractivity contribution is 14.0. The second kappa shape index (κ2) is 12.1. The molecule has 0 unspecified atom stereocenters. The Labute approximate surface area is 167 Å². The molecule has 1 aromatic rings. The summed E-state index contributed by atoms with van der Waals surface area (Å²) in [5.74, 6) is 1.49. The lowest BCUT2D eigenvalue weighted by molar-refractivity contribution is 0.0963. The van der Waals surface area contributed by atoms with Crippen LogP contribution in [0.1, 0.15) is 35.2 Å². The lowest BCUT2D eigenvalue weighted by atomic mass is 10.1. The molecule has 1 aliphatic carbocycles. The van der Waals surface area contributed by atoms with Gasteiger partial charge in [-0.05, 0) is 42.9 Å². The maximum Gasteiger partial charge on any atom is 0.251 e. The van der Waals surface area contributed by atoms with Gasteiger partial charge in [0, 0.05) is 46.0 Å². The van der Waals surface area contributed by atoms with Crippen LogP contribution >= 0.6 is 24.0 Å². The summed E-state index contributed by atoms with van der Waals surface area (Å²) in [5, 5.41) is 9.16. The molecule has 1 fully saturated rings. The van der Waals surface area contributed by atoms with Gasteiger partial charge in [0.25, 0.3) is 5.91 Å². The zero-order valence-corrected chi connectivity index (χ0v) is 17.3. The van der Waals surface area contributed by atoms with Gasteiger partial charge in [-0.3, -0.25) is 9.79 Å². The minimum Gasteiger partial charge on any atom is -0.381 e. The highest BCUT2D eigenvalue weighted by Gasteiger charge is 2.20. The number of amides is 1. The number of halogens is 1. The Kier molecular flexibility index (Phi) is 10.5. The average molecular weight is 460 g/mol. The molecule has 0 bridgehead atoms. The molecule has 1 amide bonds. The van der Waals surface area contributed by atoms with Gasteiger partial charge < -0.3 is 20.7 Å². The van der Waals surface area contributed by atoms with E-state index >= 15 is 0 Å². The highest BCUT2D eigenvalue weighted by Crippen LogP contribution is 2.28. The maximum atomic E-state index is 11.7. The van der Waals surface area contributed by atoms with Gasteiger partial charge in [0.15, 0.2) is 5.96 Å². The molecule has 0 radical (unpaired) electrons. The van der Waals surface area contributed by atoms with Gasteiger partial charge in [-0.25, -0.2) is 0 Å². The van der Waals surface area contributed by atoms with Crippen LogP contribution in [-0.2, 0) is 11.3 Å². The number of rotatable bonds is 9. The van der Waals surface area contributed by atoms with Gasteiger partial charge in [-0.2, -0.15) is 0 Å². The van der Waals surface area contributed by atoms with Crippen LogP contribution in [0.15, 0.2) is 29.3 Å². The second-order valence-corrected chi connectivity index (χ2v) is 6.00. The smallest absolute Gasteiger partial charge is 0.251 e. The molecule has 3 N–H and O–H groups in total. The van der Waals surface area contributed by atoms with E-state index in [1.807, 2.05) is 18.2 Å². The van der Waals surface area contributed by atoms with Crippen LogP contribution in [0.2, 0.25) is 0 Å². The Hall–Kier alpha value is -1.35. The molecule has 6 nitrogen and oxygen atoms in total. The molecule has 0 heterocycles. The van der Waals surface area contributed by atoms with Crippen molar-refractivity contribution in [2.75, 3.05) is 33.9 Å². The third-order valence-electron chi connectivity index (χ3n) is 3.91. The molecule has 2 rings (SSSR count). The molecule has 0 aliphatic heterocycles. The predicted molar refractivity (Wildman–Crippen MR) is 112 cm³/mol. The summed E-state index contributed by atoms with van der Waals surface area (Å²) in [5.41, 5.74) is 1.69. The number of hydrogen-bond donors (Lipinski definition) is 3. The summed E-state index contributed by atoms with van der Waals surface area (Å²) in [6.07, 6.45) is 3.62. The van der Waals surface area contributed by atoms with Gasteiger partial charge >= 0.3 is 0 Å². The zero-order valence-electron chi connectivity index (χ0n) is 15.0. The van der Waals surface area contributed by atoms with Crippen molar-refractivity contribution in [1.82, 2.24) is 16.0 Å². The van der Waals surface area contributed by atoms with Gasteiger partial charge in [-0.1, -0.05) is 12.1 Å². The van der Waals surface area contributed by atoms with E-state index in [0.29, 0.717) is 12.1 Å². The fraction of sp³-hybridized carbons (Fsp3) is 0.556. The van der Waals surface area contributed by atoms with Crippen molar-refractivity contribution in [2.45, 2.75) is 25.8 Å². The van der Waals surface area contributed by atoms with Crippen LogP contribution in [-0.4, -0.2) is 45.7 Å². The number of carbonyl (C=O) groups excluding carboxylic acids is 1. The minimum absolute atomic E-state index is 0. The van der Waals surface area contributed by atoms with Crippen molar-refractivity contribution in [1.29, 1.82) is 0 Å². The monoisotopic (exact) mass is 460 g/mol. The van der Waals surface area contributed by atoms with Crippen LogP contribution in [0.25, 0.3) is 0 Å². The third kappa shape index (κ3) is 8.53. The number of ether oxygens (including phenoxy) is 1. The summed E-state index contributed by atoms with van der Waals surface area (Å²) in [7, 11) is 3.38. The van der Waals surface area contributed by atoms with E-state index in [0.717, 1.165) is 43.6 Å². The molecule has 25 heavy (non-hydrogen) atoms. The second-order valence-electron chi connectivity index (χ2n) is 6.00. The summed E-state index contributed by atoms with van der Waals surface area (Å²) in [6.45, 7) is 3.13. The average Bonchev–Trinajstić information content (AvgIpc) is 3.44. The quantitative estimate of drug-likeness (QED) is 0.229. The van der Waals surface area contributed by atoms with Crippen LogP contribution in [0, 0.1) is 5.92 Å². The van der Waals surface area contributed by atoms with Gasteiger partial charge in [-0.15, -0.1) is 24.0 Å². The van der Waals surface area contributed by atoms with E-state index in [9.17, 15) is 4.79 Å². The van der Waals surface area contributed by atoms with Crippen molar-refractivity contribution in [2.24, 2.45) is 10.9 Å². The van der Waals surface area contributed by atoms with Crippen molar-refractivity contribution >= 4 is 35.8 Å². The molecular formula is C18H29IN4O2. The van der Waals surface area contributed by atoms with Crippen molar-refractivity contribution in [3.8, 4) is 0 Å². The first-order valence-corrected chi connectivity index (χ1v) is 8.56. The maximum absolute atomic E-state index is 11.7. The zero-order chi connectivity index (χ0) is 17.2. The fourth-order valence-corrected chi connectivity index (χ4v) is 2.29. The fourth-order valence-electron chi connectivity index (χ4n) is 2.29. The molecule has 1 aliphatic rings. The molecule has 1 aromatic carbocycles. The largest absolute Gasteiger partial charge is 0.381 e. The van der Waals surface area contributed by atoms with Crippen LogP contribution < -0.4 is 16.0 Å². The van der Waals surface area contributed by atoms with Crippen molar-refractivity contribution in [3.63, 3.8) is 0 Å². The summed E-state index contributed by atoms with van der Waals surface area (Å²) in [4.78, 5) is 15.9. The Bertz CT molecular complexity index is 562. The van der Waals surface area contributed by atoms with E-state index in [-0.39, 0.29) is 29.9 Å². The minimum atomic E-state index is -0.0782. The summed E-state index contributed by atoms with van der Waals surface area (Å²) < 4.78 is 5.61. The van der Waals surface area contributed by atoms with E-state index in [4.69, 9.17) is 4.74 Å². The Morgan fingerprint density at radius 3 is 2.80 bits per heavy atom. The molecule has 0 atom stereocenters. The number of benzene rings is 1. The van der Waals surface area contributed by atoms with Crippen molar-refractivity contribution < 1.29 is 9.53 Å². The van der Waals surface area contributed by atoms with Gasteiger partial charge in [0.1, 0.15) is 0 Å². The van der Waals surface area contributed by atoms with Crippen LogP contribution in [0.3, 0.4) is 0 Å². The molecule has 0 saturated heterocycles. The van der Waals surface area contributed by atoms with Gasteiger partial charge in [0.2, 0.25) is 0 Å². The Morgan fingerprint density at radius 2 is 2.12 bits per heavy atom. The lowest BCUT2D eigenvalue weighted by Crippen LogP contribution is -2.37. The molecule has 7 heteroatoms. The van der Waals surface area contributed by atoms with Gasteiger partial charge in [0.05, 0.1) is 0 Å². The van der Waals surface area contributed by atoms with Crippen LogP contribution in [0.5, 0.6) is 0 Å². The standard InChI is InChI=1S/C18H28N4O2.HI/c1-19-17(23)16-6-3-5-15(11-16)12-22-18(20-2)21-9-4-10-24-13-14-7-8-14;/h3,5-6,11,14H,4,7-10,12-13H2,1-2H3,(H,19,23)(H2,20,21,22);1H. The number of aliphatic imine (C=N–C) groups is 1. The molecule has 1 saturated carbocycles. The summed E-state index contributed by atoms with van der Waals surface area (Å²) in [6, 6.07) is 7.55. The Balaban J connectivity index is 0.00000312. The number of carbonyl (C=O) groups is 1. The molecule has 140 valence electrons. The molecular weight excluding hydrogens is 431 g/mol. The third-order valence-corrected chi connectivity index (χ3v) is 3.91. The summed E-state index contributed by atoms with van der Waals surface area (Å²) >= 11 is 0. The normalized spacial score (nSPS) is 13.8. The first kappa shape index (κ1) is 21.7. The first-order valence-electron chi connectivity index (χ1n) is 8.56. The topological polar surface area (TPSA) is 74.8 Å².